The normalized spacial score (nSPS) is 12.5. The molecule has 2 heteroatoms. The van der Waals surface area contributed by atoms with E-state index in [1.165, 1.54) is 16.7 Å². The van der Waals surface area contributed by atoms with Crippen molar-refractivity contribution < 1.29 is 0 Å². The van der Waals surface area contributed by atoms with Crippen LogP contribution in [0.15, 0.2) is 30.9 Å². The summed E-state index contributed by atoms with van der Waals surface area (Å²) in [6, 6.07) is 6.25. The Labute approximate surface area is 79.4 Å². The number of benzene rings is 1. The van der Waals surface area contributed by atoms with Crippen molar-refractivity contribution in [2.75, 3.05) is 0 Å². The third-order valence-electron chi connectivity index (χ3n) is 2.27. The molecule has 1 aromatic carbocycles. The number of hydrazine groups is 1. The highest BCUT2D eigenvalue weighted by atomic mass is 15.2. The molecule has 0 aromatic heterocycles. The van der Waals surface area contributed by atoms with E-state index in [1.807, 2.05) is 12.1 Å². The van der Waals surface area contributed by atoms with Gasteiger partial charge in [-0.05, 0) is 30.5 Å². The highest BCUT2D eigenvalue weighted by Gasteiger charge is 2.09. The monoisotopic (exact) mass is 176 g/mol. The van der Waals surface area contributed by atoms with Crippen LogP contribution in [0.2, 0.25) is 0 Å². The smallest absolute Gasteiger partial charge is 0.0643 e. The molecule has 0 saturated carbocycles. The first-order chi connectivity index (χ1) is 6.20. The van der Waals surface area contributed by atoms with Gasteiger partial charge in [-0.3, -0.25) is 5.84 Å². The average Bonchev–Trinajstić information content (AvgIpc) is 2.11. The van der Waals surface area contributed by atoms with Crippen LogP contribution in [0.3, 0.4) is 0 Å². The van der Waals surface area contributed by atoms with E-state index in [0.717, 1.165) is 0 Å². The molecule has 13 heavy (non-hydrogen) atoms. The minimum absolute atomic E-state index is 0.0428. The predicted molar refractivity (Wildman–Crippen MR) is 56.2 cm³/mol. The second kappa shape index (κ2) is 4.21. The van der Waals surface area contributed by atoms with E-state index in [4.69, 9.17) is 5.84 Å². The molecule has 1 unspecified atom stereocenters. The van der Waals surface area contributed by atoms with Crippen LogP contribution >= 0.6 is 0 Å². The molecule has 0 radical (unpaired) electrons. The van der Waals surface area contributed by atoms with Crippen molar-refractivity contribution in [1.82, 2.24) is 5.43 Å². The summed E-state index contributed by atoms with van der Waals surface area (Å²) in [5.41, 5.74) is 6.43. The molecule has 3 N–H and O–H groups in total. The number of nitrogens with one attached hydrogen (secondary N) is 1. The summed E-state index contributed by atoms with van der Waals surface area (Å²) < 4.78 is 0. The van der Waals surface area contributed by atoms with Gasteiger partial charge in [0.1, 0.15) is 0 Å². The Morgan fingerprint density at radius 1 is 1.38 bits per heavy atom. The van der Waals surface area contributed by atoms with Crippen molar-refractivity contribution in [3.05, 3.63) is 47.5 Å². The van der Waals surface area contributed by atoms with Crippen LogP contribution in [0.4, 0.5) is 0 Å². The van der Waals surface area contributed by atoms with Gasteiger partial charge in [0.15, 0.2) is 0 Å². The second-order valence-corrected chi connectivity index (χ2v) is 3.19. The first-order valence-electron chi connectivity index (χ1n) is 4.35. The summed E-state index contributed by atoms with van der Waals surface area (Å²) in [6.45, 7) is 7.91. The summed E-state index contributed by atoms with van der Waals surface area (Å²) in [5.74, 6) is 5.43. The third-order valence-corrected chi connectivity index (χ3v) is 2.27. The zero-order chi connectivity index (χ0) is 9.84. The van der Waals surface area contributed by atoms with Crippen molar-refractivity contribution in [3.8, 4) is 0 Å². The first kappa shape index (κ1) is 9.96. The van der Waals surface area contributed by atoms with Gasteiger partial charge < -0.3 is 0 Å². The van der Waals surface area contributed by atoms with Gasteiger partial charge in [0.2, 0.25) is 0 Å². The summed E-state index contributed by atoms with van der Waals surface area (Å²) in [6.07, 6.45) is 1.81. The number of rotatable bonds is 3. The molecule has 0 aliphatic rings. The molecule has 0 heterocycles. The Bertz CT molecular complexity index is 285. The maximum absolute atomic E-state index is 5.43. The van der Waals surface area contributed by atoms with Crippen LogP contribution in [-0.2, 0) is 0 Å². The number of hydrogen-bond acceptors (Lipinski definition) is 2. The lowest BCUT2D eigenvalue weighted by Gasteiger charge is -2.16. The lowest BCUT2D eigenvalue weighted by atomic mass is 9.97. The average molecular weight is 176 g/mol. The van der Waals surface area contributed by atoms with E-state index in [0.29, 0.717) is 0 Å². The van der Waals surface area contributed by atoms with E-state index >= 15 is 0 Å². The first-order valence-corrected chi connectivity index (χ1v) is 4.35. The molecule has 0 saturated heterocycles. The summed E-state index contributed by atoms with van der Waals surface area (Å²) in [7, 11) is 0. The van der Waals surface area contributed by atoms with Crippen molar-refractivity contribution >= 4 is 0 Å². The van der Waals surface area contributed by atoms with Crippen molar-refractivity contribution in [2.45, 2.75) is 19.9 Å². The minimum Gasteiger partial charge on any atom is -0.271 e. The number of nitrogens with two attached hydrogens (primary N) is 1. The Kier molecular flexibility index (Phi) is 3.23. The van der Waals surface area contributed by atoms with Crippen LogP contribution in [0, 0.1) is 13.8 Å². The van der Waals surface area contributed by atoms with Crippen molar-refractivity contribution in [2.24, 2.45) is 5.84 Å². The number of hydrogen-bond donors (Lipinski definition) is 2. The Morgan fingerprint density at radius 2 is 1.92 bits per heavy atom. The van der Waals surface area contributed by atoms with Crippen molar-refractivity contribution in [1.29, 1.82) is 0 Å². The Hall–Kier alpha value is -1.12. The Balaban J connectivity index is 3.17. The van der Waals surface area contributed by atoms with Crippen LogP contribution in [0.5, 0.6) is 0 Å². The fourth-order valence-corrected chi connectivity index (χ4v) is 1.59. The van der Waals surface area contributed by atoms with Crippen LogP contribution in [-0.4, -0.2) is 0 Å². The molecule has 70 valence electrons. The van der Waals surface area contributed by atoms with Gasteiger partial charge in [0, 0.05) is 0 Å². The molecule has 2 nitrogen and oxygen atoms in total. The van der Waals surface area contributed by atoms with Gasteiger partial charge in [0.05, 0.1) is 6.04 Å². The van der Waals surface area contributed by atoms with Crippen LogP contribution in [0.1, 0.15) is 22.7 Å². The molecule has 1 aromatic rings. The van der Waals surface area contributed by atoms with E-state index in [1.54, 1.807) is 0 Å². The number of aryl methyl sites for hydroxylation is 2. The maximum Gasteiger partial charge on any atom is 0.0643 e. The highest BCUT2D eigenvalue weighted by molar-refractivity contribution is 5.37. The van der Waals surface area contributed by atoms with Crippen LogP contribution < -0.4 is 11.3 Å². The quantitative estimate of drug-likeness (QED) is 0.420. The van der Waals surface area contributed by atoms with E-state index in [2.05, 4.69) is 38.0 Å². The van der Waals surface area contributed by atoms with E-state index in [-0.39, 0.29) is 6.04 Å². The minimum atomic E-state index is 0.0428. The predicted octanol–water partition coefficient (Wildman–Crippen LogP) is 1.99. The lowest BCUT2D eigenvalue weighted by molar-refractivity contribution is 0.650. The molecule has 1 atom stereocenters. The molecule has 0 bridgehead atoms. The molecule has 0 spiro atoms. The van der Waals surface area contributed by atoms with E-state index in [9.17, 15) is 0 Å². The summed E-state index contributed by atoms with van der Waals surface area (Å²) >= 11 is 0. The second-order valence-electron chi connectivity index (χ2n) is 3.19. The summed E-state index contributed by atoms with van der Waals surface area (Å²) in [4.78, 5) is 0. The van der Waals surface area contributed by atoms with Gasteiger partial charge in [-0.2, -0.15) is 0 Å². The van der Waals surface area contributed by atoms with Crippen LogP contribution in [0.25, 0.3) is 0 Å². The maximum atomic E-state index is 5.43. The third kappa shape index (κ3) is 1.97. The summed E-state index contributed by atoms with van der Waals surface area (Å²) in [5, 5.41) is 0. The van der Waals surface area contributed by atoms with E-state index < -0.39 is 0 Å². The standard InChI is InChI=1S/C11H16N2/c1-4-10(13-12)11-8(2)6-5-7-9(11)3/h4-7,10,13H,1,12H2,2-3H3. The zero-order valence-electron chi connectivity index (χ0n) is 8.17. The van der Waals surface area contributed by atoms with Gasteiger partial charge in [-0.1, -0.05) is 24.3 Å². The molecule has 0 amide bonds. The highest BCUT2D eigenvalue weighted by Crippen LogP contribution is 2.21. The zero-order valence-corrected chi connectivity index (χ0v) is 8.17. The SMILES string of the molecule is C=CC(NN)c1c(C)cccc1C. The lowest BCUT2D eigenvalue weighted by Crippen LogP contribution is -2.27. The molecule has 0 fully saturated rings. The van der Waals surface area contributed by atoms with Gasteiger partial charge in [-0.15, -0.1) is 6.58 Å². The fourth-order valence-electron chi connectivity index (χ4n) is 1.59. The fraction of sp³-hybridized carbons (Fsp3) is 0.273. The van der Waals surface area contributed by atoms with Gasteiger partial charge >= 0.3 is 0 Å². The van der Waals surface area contributed by atoms with Gasteiger partial charge in [-0.25, -0.2) is 5.43 Å². The van der Waals surface area contributed by atoms with Crippen molar-refractivity contribution in [3.63, 3.8) is 0 Å². The Morgan fingerprint density at radius 3 is 2.31 bits per heavy atom. The largest absolute Gasteiger partial charge is 0.271 e. The topological polar surface area (TPSA) is 38.0 Å². The van der Waals surface area contributed by atoms with Gasteiger partial charge in [0.25, 0.3) is 0 Å². The molecular weight excluding hydrogens is 160 g/mol. The molecular formula is C11H16N2. The molecule has 0 aliphatic carbocycles. The molecule has 0 aliphatic heterocycles. The molecule has 1 rings (SSSR count).